The Kier molecular flexibility index (Phi) is 4.41. The second-order valence-electron chi connectivity index (χ2n) is 5.71. The first-order chi connectivity index (χ1) is 11.5. The fraction of sp³-hybridized carbons (Fsp3) is 0.294. The molecule has 1 atom stereocenters. The first-order valence-electron chi connectivity index (χ1n) is 7.80. The number of H-pyrrole nitrogens is 1. The SMILES string of the molecule is CC(NC(=O)C1=NN(C)C(=O)CC1)c1ncc(-c2ccccc2)[nH]1. The molecule has 0 saturated heterocycles. The maximum Gasteiger partial charge on any atom is 0.268 e. The van der Waals surface area contributed by atoms with Crippen molar-refractivity contribution in [1.82, 2.24) is 20.3 Å². The zero-order valence-electron chi connectivity index (χ0n) is 13.6. The van der Waals surface area contributed by atoms with E-state index in [-0.39, 0.29) is 17.9 Å². The molecule has 1 aliphatic rings. The minimum absolute atomic E-state index is 0.0851. The van der Waals surface area contributed by atoms with Crippen molar-refractivity contribution in [3.63, 3.8) is 0 Å². The number of nitrogens with zero attached hydrogens (tertiary/aromatic N) is 3. The summed E-state index contributed by atoms with van der Waals surface area (Å²) in [4.78, 5) is 31.3. The topological polar surface area (TPSA) is 90.4 Å². The Morgan fingerprint density at radius 3 is 2.75 bits per heavy atom. The predicted molar refractivity (Wildman–Crippen MR) is 90.0 cm³/mol. The van der Waals surface area contributed by atoms with Crippen LogP contribution in [0.5, 0.6) is 0 Å². The molecule has 2 amide bonds. The first-order valence-corrected chi connectivity index (χ1v) is 7.80. The number of hydrogen-bond acceptors (Lipinski definition) is 4. The number of nitrogens with one attached hydrogen (secondary N) is 2. The lowest BCUT2D eigenvalue weighted by atomic mass is 10.1. The molecule has 0 spiro atoms. The lowest BCUT2D eigenvalue weighted by Gasteiger charge is -2.20. The van der Waals surface area contributed by atoms with Crippen LogP contribution < -0.4 is 5.32 Å². The summed E-state index contributed by atoms with van der Waals surface area (Å²) in [6, 6.07) is 9.56. The van der Waals surface area contributed by atoms with Crippen LogP contribution in [0.1, 0.15) is 31.6 Å². The van der Waals surface area contributed by atoms with Gasteiger partial charge in [0, 0.05) is 19.9 Å². The van der Waals surface area contributed by atoms with Crippen molar-refractivity contribution in [2.75, 3.05) is 7.05 Å². The Labute approximate surface area is 139 Å². The number of benzene rings is 1. The highest BCUT2D eigenvalue weighted by molar-refractivity contribution is 6.39. The Morgan fingerprint density at radius 1 is 1.29 bits per heavy atom. The quantitative estimate of drug-likeness (QED) is 0.899. The van der Waals surface area contributed by atoms with Crippen LogP contribution in [-0.2, 0) is 9.59 Å². The second-order valence-corrected chi connectivity index (χ2v) is 5.71. The minimum Gasteiger partial charge on any atom is -0.341 e. The highest BCUT2D eigenvalue weighted by Gasteiger charge is 2.23. The summed E-state index contributed by atoms with van der Waals surface area (Å²) in [6.07, 6.45) is 2.41. The van der Waals surface area contributed by atoms with Gasteiger partial charge < -0.3 is 10.3 Å². The molecule has 1 aliphatic heterocycles. The third kappa shape index (κ3) is 3.34. The van der Waals surface area contributed by atoms with Gasteiger partial charge in [0.2, 0.25) is 5.91 Å². The lowest BCUT2D eigenvalue weighted by molar-refractivity contribution is -0.130. The molecular weight excluding hydrogens is 306 g/mol. The molecule has 24 heavy (non-hydrogen) atoms. The van der Waals surface area contributed by atoms with Gasteiger partial charge in [-0.25, -0.2) is 9.99 Å². The van der Waals surface area contributed by atoms with E-state index in [9.17, 15) is 9.59 Å². The maximum absolute atomic E-state index is 12.3. The molecule has 0 fully saturated rings. The van der Waals surface area contributed by atoms with Gasteiger partial charge in [0.1, 0.15) is 11.5 Å². The molecule has 1 unspecified atom stereocenters. The summed E-state index contributed by atoms with van der Waals surface area (Å²) in [5.74, 6) is 0.306. The average molecular weight is 325 g/mol. The smallest absolute Gasteiger partial charge is 0.268 e. The fourth-order valence-electron chi connectivity index (χ4n) is 2.50. The molecule has 0 radical (unpaired) electrons. The number of rotatable bonds is 4. The van der Waals surface area contributed by atoms with Gasteiger partial charge in [0.05, 0.1) is 17.9 Å². The molecule has 1 aromatic heterocycles. The first kappa shape index (κ1) is 15.9. The van der Waals surface area contributed by atoms with E-state index in [2.05, 4.69) is 20.4 Å². The summed E-state index contributed by atoms with van der Waals surface area (Å²) in [5, 5.41) is 8.10. The van der Waals surface area contributed by atoms with E-state index in [0.29, 0.717) is 24.4 Å². The average Bonchev–Trinajstić information content (AvgIpc) is 3.08. The van der Waals surface area contributed by atoms with Gasteiger partial charge in [-0.1, -0.05) is 30.3 Å². The zero-order valence-corrected chi connectivity index (χ0v) is 13.6. The monoisotopic (exact) mass is 325 g/mol. The Balaban J connectivity index is 1.68. The molecule has 0 saturated carbocycles. The van der Waals surface area contributed by atoms with Crippen LogP contribution in [-0.4, -0.2) is 39.6 Å². The van der Waals surface area contributed by atoms with Crippen molar-refractivity contribution >= 4 is 17.5 Å². The zero-order chi connectivity index (χ0) is 17.1. The third-order valence-electron chi connectivity index (χ3n) is 3.91. The summed E-state index contributed by atoms with van der Waals surface area (Å²) in [7, 11) is 1.55. The Morgan fingerprint density at radius 2 is 2.04 bits per heavy atom. The predicted octanol–water partition coefficient (Wildman–Crippen LogP) is 1.86. The maximum atomic E-state index is 12.3. The summed E-state index contributed by atoms with van der Waals surface area (Å²) >= 11 is 0. The molecule has 2 heterocycles. The number of hydrogen-bond donors (Lipinski definition) is 2. The molecule has 3 rings (SSSR count). The molecule has 124 valence electrons. The van der Waals surface area contributed by atoms with E-state index in [1.165, 1.54) is 5.01 Å². The summed E-state index contributed by atoms with van der Waals surface area (Å²) in [5.41, 5.74) is 2.29. The summed E-state index contributed by atoms with van der Waals surface area (Å²) in [6.45, 7) is 1.85. The van der Waals surface area contributed by atoms with Crippen LogP contribution in [0.25, 0.3) is 11.3 Å². The Hall–Kier alpha value is -2.96. The highest BCUT2D eigenvalue weighted by atomic mass is 16.2. The van der Waals surface area contributed by atoms with E-state index in [1.54, 1.807) is 13.2 Å². The van der Waals surface area contributed by atoms with E-state index in [0.717, 1.165) is 11.3 Å². The van der Waals surface area contributed by atoms with Crippen molar-refractivity contribution < 1.29 is 9.59 Å². The van der Waals surface area contributed by atoms with Crippen molar-refractivity contribution in [1.29, 1.82) is 0 Å². The van der Waals surface area contributed by atoms with Crippen molar-refractivity contribution in [3.05, 3.63) is 42.4 Å². The second kappa shape index (κ2) is 6.66. The standard InChI is InChI=1S/C17H19N5O2/c1-11(19-17(24)13-8-9-15(23)22(2)21-13)16-18-10-14(20-16)12-6-4-3-5-7-12/h3-7,10-11H,8-9H2,1-2H3,(H,18,20)(H,19,24). The van der Waals surface area contributed by atoms with Crippen LogP contribution in [0.3, 0.4) is 0 Å². The fourth-order valence-corrected chi connectivity index (χ4v) is 2.50. The summed E-state index contributed by atoms with van der Waals surface area (Å²) < 4.78 is 0. The molecule has 1 aromatic carbocycles. The third-order valence-corrected chi connectivity index (χ3v) is 3.91. The highest BCUT2D eigenvalue weighted by Crippen LogP contribution is 2.19. The number of hydrazone groups is 1. The largest absolute Gasteiger partial charge is 0.341 e. The molecule has 2 N–H and O–H groups in total. The van der Waals surface area contributed by atoms with Crippen LogP contribution >= 0.6 is 0 Å². The minimum atomic E-state index is -0.291. The number of carbonyl (C=O) groups excluding carboxylic acids is 2. The number of aromatic nitrogens is 2. The van der Waals surface area contributed by atoms with E-state index >= 15 is 0 Å². The van der Waals surface area contributed by atoms with E-state index in [4.69, 9.17) is 0 Å². The molecule has 7 nitrogen and oxygen atoms in total. The van der Waals surface area contributed by atoms with E-state index < -0.39 is 0 Å². The van der Waals surface area contributed by atoms with Gasteiger partial charge in [-0.3, -0.25) is 9.59 Å². The number of imidazole rings is 1. The Bertz CT molecular complexity index is 781. The van der Waals surface area contributed by atoms with Gasteiger partial charge in [-0.05, 0) is 12.5 Å². The van der Waals surface area contributed by atoms with Gasteiger partial charge in [0.15, 0.2) is 0 Å². The molecule has 2 aromatic rings. The van der Waals surface area contributed by atoms with Crippen molar-refractivity contribution in [2.45, 2.75) is 25.8 Å². The van der Waals surface area contributed by atoms with Crippen LogP contribution in [0.2, 0.25) is 0 Å². The van der Waals surface area contributed by atoms with Crippen LogP contribution in [0, 0.1) is 0 Å². The van der Waals surface area contributed by atoms with Gasteiger partial charge in [-0.15, -0.1) is 0 Å². The molecule has 7 heteroatoms. The van der Waals surface area contributed by atoms with Gasteiger partial charge in [0.25, 0.3) is 5.91 Å². The van der Waals surface area contributed by atoms with Crippen LogP contribution in [0.15, 0.2) is 41.6 Å². The number of amides is 2. The van der Waals surface area contributed by atoms with Gasteiger partial charge >= 0.3 is 0 Å². The number of carbonyl (C=O) groups is 2. The van der Waals surface area contributed by atoms with E-state index in [1.807, 2.05) is 37.3 Å². The molecule has 0 bridgehead atoms. The number of aromatic amines is 1. The van der Waals surface area contributed by atoms with Crippen LogP contribution in [0.4, 0.5) is 0 Å². The van der Waals surface area contributed by atoms with Crippen molar-refractivity contribution in [3.8, 4) is 11.3 Å². The normalized spacial score (nSPS) is 15.8. The molecule has 0 aliphatic carbocycles. The van der Waals surface area contributed by atoms with Gasteiger partial charge in [-0.2, -0.15) is 5.10 Å². The lowest BCUT2D eigenvalue weighted by Crippen LogP contribution is -2.38. The molecular formula is C17H19N5O2. The van der Waals surface area contributed by atoms with Crippen molar-refractivity contribution in [2.24, 2.45) is 5.10 Å².